The largest absolute Gasteiger partial charge is 0.385 e. The highest BCUT2D eigenvalue weighted by atomic mass is 16.5. The van der Waals surface area contributed by atoms with E-state index in [9.17, 15) is 9.59 Å². The minimum absolute atomic E-state index is 0.0967. The first kappa shape index (κ1) is 18.4. The van der Waals surface area contributed by atoms with Crippen LogP contribution in [0.25, 0.3) is 10.9 Å². The van der Waals surface area contributed by atoms with Crippen LogP contribution in [-0.2, 0) is 9.53 Å². The number of carbonyl (C=O) groups is 2. The Hall–Kier alpha value is -2.41. The van der Waals surface area contributed by atoms with E-state index in [1.807, 2.05) is 24.3 Å². The van der Waals surface area contributed by atoms with Crippen LogP contribution < -0.4 is 10.6 Å². The number of carbonyl (C=O) groups excluding carboxylic acids is 2. The quantitative estimate of drug-likeness (QED) is 0.630. The number of amides is 2. The fraction of sp³-hybridized carbons (Fsp3) is 0.526. The number of fused-ring (bicyclic) bond motifs is 1. The average molecular weight is 358 g/mol. The summed E-state index contributed by atoms with van der Waals surface area (Å²) in [5.41, 5.74) is 0.304. The Morgan fingerprint density at radius 2 is 2.00 bits per heavy atom. The number of aromatic nitrogens is 2. The third-order valence-electron chi connectivity index (χ3n) is 4.99. The zero-order chi connectivity index (χ0) is 18.4. The van der Waals surface area contributed by atoms with Gasteiger partial charge < -0.3 is 15.4 Å². The van der Waals surface area contributed by atoms with E-state index in [0.717, 1.165) is 36.6 Å². The van der Waals surface area contributed by atoms with Gasteiger partial charge in [0.2, 0.25) is 5.91 Å². The lowest BCUT2D eigenvalue weighted by Crippen LogP contribution is -2.57. The van der Waals surface area contributed by atoms with E-state index in [2.05, 4.69) is 20.8 Å². The molecule has 140 valence electrons. The number of H-pyrrole nitrogens is 1. The molecule has 1 heterocycles. The normalized spacial score (nSPS) is 15.9. The highest BCUT2D eigenvalue weighted by Gasteiger charge is 2.42. The van der Waals surface area contributed by atoms with Crippen LogP contribution in [0.4, 0.5) is 0 Å². The van der Waals surface area contributed by atoms with Crippen LogP contribution in [0, 0.1) is 0 Å². The number of hydrogen-bond acceptors (Lipinski definition) is 4. The summed E-state index contributed by atoms with van der Waals surface area (Å²) in [6, 6.07) is 7.48. The van der Waals surface area contributed by atoms with Crippen molar-refractivity contribution >= 4 is 22.7 Å². The van der Waals surface area contributed by atoms with Crippen LogP contribution in [0.2, 0.25) is 0 Å². The number of methoxy groups -OCH3 is 1. The molecule has 7 heteroatoms. The van der Waals surface area contributed by atoms with Gasteiger partial charge in [-0.25, -0.2) is 0 Å². The maximum atomic E-state index is 12.8. The van der Waals surface area contributed by atoms with Gasteiger partial charge in [0, 0.05) is 25.6 Å². The van der Waals surface area contributed by atoms with E-state index in [1.54, 1.807) is 7.11 Å². The van der Waals surface area contributed by atoms with Crippen LogP contribution in [0.3, 0.4) is 0 Å². The van der Waals surface area contributed by atoms with E-state index >= 15 is 0 Å². The van der Waals surface area contributed by atoms with Crippen LogP contribution in [0.1, 0.15) is 49.0 Å². The Labute approximate surface area is 152 Å². The highest BCUT2D eigenvalue weighted by Crippen LogP contribution is 2.30. The number of hydrogen-bond donors (Lipinski definition) is 3. The van der Waals surface area contributed by atoms with Gasteiger partial charge in [-0.1, -0.05) is 31.0 Å². The number of para-hydroxylation sites is 1. The van der Waals surface area contributed by atoms with Crippen molar-refractivity contribution in [2.45, 2.75) is 44.1 Å². The number of ether oxygens (including phenoxy) is 1. The molecule has 3 N–H and O–H groups in total. The van der Waals surface area contributed by atoms with Crippen LogP contribution in [0.5, 0.6) is 0 Å². The monoisotopic (exact) mass is 358 g/mol. The van der Waals surface area contributed by atoms with Crippen molar-refractivity contribution in [3.8, 4) is 0 Å². The zero-order valence-corrected chi connectivity index (χ0v) is 15.1. The predicted molar refractivity (Wildman–Crippen MR) is 98.9 cm³/mol. The van der Waals surface area contributed by atoms with Gasteiger partial charge in [-0.2, -0.15) is 5.10 Å². The molecule has 26 heavy (non-hydrogen) atoms. The Kier molecular flexibility index (Phi) is 5.88. The minimum Gasteiger partial charge on any atom is -0.385 e. The summed E-state index contributed by atoms with van der Waals surface area (Å²) >= 11 is 0. The van der Waals surface area contributed by atoms with Gasteiger partial charge >= 0.3 is 0 Å². The van der Waals surface area contributed by atoms with Gasteiger partial charge in [-0.05, 0) is 31.7 Å². The lowest BCUT2D eigenvalue weighted by molar-refractivity contribution is -0.127. The van der Waals surface area contributed by atoms with Gasteiger partial charge in [0.25, 0.3) is 5.91 Å². The number of unbranched alkanes of at least 4 members (excludes halogenated alkanes) is 1. The van der Waals surface area contributed by atoms with Crippen LogP contribution >= 0.6 is 0 Å². The molecule has 1 fully saturated rings. The van der Waals surface area contributed by atoms with E-state index in [-0.39, 0.29) is 11.8 Å². The topological polar surface area (TPSA) is 96.1 Å². The molecular formula is C19H26N4O3. The minimum atomic E-state index is -0.835. The molecule has 0 radical (unpaired) electrons. The Morgan fingerprint density at radius 1 is 1.23 bits per heavy atom. The standard InChI is InChI=1S/C19H26N4O3/c1-26-13-7-6-12-20-18(25)19(10-4-5-11-19)21-17(24)16-14-8-2-3-9-15(14)22-23-16/h2-3,8-9H,4-7,10-13H2,1H3,(H,20,25)(H,21,24)(H,22,23). The number of benzene rings is 1. The SMILES string of the molecule is COCCCCNC(=O)C1(NC(=O)c2n[nH]c3ccccc23)CCCC1. The fourth-order valence-electron chi connectivity index (χ4n) is 3.54. The first-order valence-electron chi connectivity index (χ1n) is 9.19. The predicted octanol–water partition coefficient (Wildman–Crippen LogP) is 2.15. The first-order chi connectivity index (χ1) is 12.7. The second-order valence-corrected chi connectivity index (χ2v) is 6.82. The van der Waals surface area contributed by atoms with Crippen molar-refractivity contribution in [2.75, 3.05) is 20.3 Å². The summed E-state index contributed by atoms with van der Waals surface area (Å²) in [7, 11) is 1.67. The number of nitrogens with one attached hydrogen (secondary N) is 3. The van der Waals surface area contributed by atoms with Gasteiger partial charge in [0.15, 0.2) is 5.69 Å². The van der Waals surface area contributed by atoms with Gasteiger partial charge in [-0.3, -0.25) is 14.7 Å². The molecule has 1 aromatic carbocycles. The maximum absolute atomic E-state index is 12.8. The molecular weight excluding hydrogens is 332 g/mol. The van der Waals surface area contributed by atoms with Crippen molar-refractivity contribution in [1.29, 1.82) is 0 Å². The van der Waals surface area contributed by atoms with Crippen molar-refractivity contribution in [1.82, 2.24) is 20.8 Å². The molecule has 7 nitrogen and oxygen atoms in total. The molecule has 0 saturated heterocycles. The van der Waals surface area contributed by atoms with Crippen molar-refractivity contribution in [2.24, 2.45) is 0 Å². The van der Waals surface area contributed by atoms with Crippen molar-refractivity contribution in [3.05, 3.63) is 30.0 Å². The smallest absolute Gasteiger partial charge is 0.273 e. The number of aromatic amines is 1. The maximum Gasteiger partial charge on any atom is 0.273 e. The lowest BCUT2D eigenvalue weighted by atomic mass is 9.95. The highest BCUT2D eigenvalue weighted by molar-refractivity contribution is 6.06. The first-order valence-corrected chi connectivity index (χ1v) is 9.19. The van der Waals surface area contributed by atoms with Crippen molar-refractivity contribution in [3.63, 3.8) is 0 Å². The van der Waals surface area contributed by atoms with Gasteiger partial charge in [0.1, 0.15) is 5.54 Å². The number of nitrogens with zero attached hydrogens (tertiary/aromatic N) is 1. The molecule has 0 aliphatic heterocycles. The zero-order valence-electron chi connectivity index (χ0n) is 15.1. The molecule has 1 aliphatic carbocycles. The number of rotatable bonds is 8. The molecule has 1 aromatic heterocycles. The third kappa shape index (κ3) is 3.88. The fourth-order valence-corrected chi connectivity index (χ4v) is 3.54. The van der Waals surface area contributed by atoms with E-state index in [0.29, 0.717) is 31.7 Å². The second kappa shape index (κ2) is 8.31. The van der Waals surface area contributed by atoms with Crippen LogP contribution in [0.15, 0.2) is 24.3 Å². The summed E-state index contributed by atoms with van der Waals surface area (Å²) in [6.45, 7) is 1.27. The van der Waals surface area contributed by atoms with E-state index in [1.165, 1.54) is 0 Å². The van der Waals surface area contributed by atoms with Gasteiger partial charge in [-0.15, -0.1) is 0 Å². The summed E-state index contributed by atoms with van der Waals surface area (Å²) < 4.78 is 5.02. The molecule has 2 amide bonds. The molecule has 0 atom stereocenters. The summed E-state index contributed by atoms with van der Waals surface area (Å²) in [4.78, 5) is 25.6. The Bertz CT molecular complexity index is 765. The molecule has 1 saturated carbocycles. The molecule has 0 bridgehead atoms. The second-order valence-electron chi connectivity index (χ2n) is 6.82. The third-order valence-corrected chi connectivity index (χ3v) is 4.99. The average Bonchev–Trinajstić information content (AvgIpc) is 3.29. The molecule has 0 spiro atoms. The molecule has 2 aromatic rings. The van der Waals surface area contributed by atoms with E-state index in [4.69, 9.17) is 4.74 Å². The van der Waals surface area contributed by atoms with E-state index < -0.39 is 5.54 Å². The molecule has 0 unspecified atom stereocenters. The molecule has 1 aliphatic rings. The lowest BCUT2D eigenvalue weighted by Gasteiger charge is -2.28. The van der Waals surface area contributed by atoms with Gasteiger partial charge in [0.05, 0.1) is 5.52 Å². The van der Waals surface area contributed by atoms with Crippen molar-refractivity contribution < 1.29 is 14.3 Å². The molecule has 3 rings (SSSR count). The summed E-state index contributed by atoms with van der Waals surface area (Å²) in [5.74, 6) is -0.403. The Morgan fingerprint density at radius 3 is 2.77 bits per heavy atom. The Balaban J connectivity index is 1.67. The summed E-state index contributed by atoms with van der Waals surface area (Å²) in [5, 5.41) is 13.7. The summed E-state index contributed by atoms with van der Waals surface area (Å²) in [6.07, 6.45) is 4.93. The van der Waals surface area contributed by atoms with Crippen LogP contribution in [-0.4, -0.2) is 47.8 Å².